The van der Waals surface area contributed by atoms with Gasteiger partial charge in [0.25, 0.3) is 0 Å². The van der Waals surface area contributed by atoms with E-state index in [2.05, 4.69) is 60.3 Å². The maximum atomic E-state index is 11.4. The number of allylic oxidation sites excluding steroid dienone is 4. The van der Waals surface area contributed by atoms with Crippen molar-refractivity contribution in [2.45, 2.75) is 189 Å². The molecule has 1 aromatic rings. The molecule has 4 saturated carbocycles. The summed E-state index contributed by atoms with van der Waals surface area (Å²) in [6, 6.07) is 10.1. The molecular formula is C52H83BNO5. The molecular weight excluding hydrogens is 729 g/mol. The minimum absolute atomic E-state index is 0.0201. The summed E-state index contributed by atoms with van der Waals surface area (Å²) < 4.78 is 15.3. The molecule has 0 spiro atoms. The van der Waals surface area contributed by atoms with Gasteiger partial charge in [-0.1, -0.05) is 103 Å². The Labute approximate surface area is 361 Å². The van der Waals surface area contributed by atoms with Gasteiger partial charge in [-0.25, -0.2) is 0 Å². The molecule has 1 saturated heterocycles. The van der Waals surface area contributed by atoms with Crippen LogP contribution in [0.15, 0.2) is 65.8 Å². The SMILES string of the molecule is C=C(C)[C@@H]1CCC2(N)CC[C@]3(C)C(CCC4C5(C)CC=C(C6=CCC(O)(C=O)CC6)C(C)(C)C5CCC43C)C12.CC.CC1(C)O[B]OC1(C)C.COCc1ccccc1. The van der Waals surface area contributed by atoms with Crippen molar-refractivity contribution in [1.29, 1.82) is 0 Å². The third kappa shape index (κ3) is 8.57. The van der Waals surface area contributed by atoms with Crippen LogP contribution in [0.5, 0.6) is 0 Å². The molecule has 0 aromatic heterocycles. The van der Waals surface area contributed by atoms with Crippen LogP contribution in [0.2, 0.25) is 0 Å². The third-order valence-corrected chi connectivity index (χ3v) is 18.1. The van der Waals surface area contributed by atoms with Crippen LogP contribution in [-0.2, 0) is 25.4 Å². The van der Waals surface area contributed by atoms with Crippen molar-refractivity contribution >= 4 is 14.0 Å². The van der Waals surface area contributed by atoms with Crippen molar-refractivity contribution in [3.8, 4) is 0 Å². The molecule has 6 nitrogen and oxygen atoms in total. The highest BCUT2D eigenvalue weighted by Gasteiger charge is 2.70. The molecule has 1 aromatic carbocycles. The summed E-state index contributed by atoms with van der Waals surface area (Å²) in [6.45, 7) is 32.5. The van der Waals surface area contributed by atoms with E-state index < -0.39 is 5.60 Å². The molecule has 329 valence electrons. The van der Waals surface area contributed by atoms with Gasteiger partial charge in [0.1, 0.15) is 5.60 Å². The molecule has 6 aliphatic carbocycles. The third-order valence-electron chi connectivity index (χ3n) is 18.1. The Hall–Kier alpha value is -2.03. The predicted octanol–water partition coefficient (Wildman–Crippen LogP) is 11.9. The fourth-order valence-corrected chi connectivity index (χ4v) is 13.9. The van der Waals surface area contributed by atoms with Crippen LogP contribution in [0.3, 0.4) is 0 Å². The minimum atomic E-state index is -1.16. The van der Waals surface area contributed by atoms with Gasteiger partial charge in [-0.2, -0.15) is 0 Å². The topological polar surface area (TPSA) is 91.0 Å². The second-order valence-corrected chi connectivity index (χ2v) is 21.9. The van der Waals surface area contributed by atoms with E-state index in [9.17, 15) is 9.90 Å². The second kappa shape index (κ2) is 17.6. The van der Waals surface area contributed by atoms with Crippen molar-refractivity contribution in [1.82, 2.24) is 0 Å². The Kier molecular flexibility index (Phi) is 14.3. The van der Waals surface area contributed by atoms with E-state index >= 15 is 0 Å². The van der Waals surface area contributed by atoms with Crippen LogP contribution in [0.25, 0.3) is 0 Å². The summed E-state index contributed by atoms with van der Waals surface area (Å²) in [6.07, 6.45) is 18.7. The number of hydrogen-bond donors (Lipinski definition) is 2. The van der Waals surface area contributed by atoms with E-state index in [-0.39, 0.29) is 22.2 Å². The molecule has 0 bridgehead atoms. The highest BCUT2D eigenvalue weighted by atomic mass is 16.7. The molecule has 7 heteroatoms. The van der Waals surface area contributed by atoms with Gasteiger partial charge < -0.3 is 29.7 Å². The van der Waals surface area contributed by atoms with Gasteiger partial charge in [-0.3, -0.25) is 0 Å². The zero-order chi connectivity index (χ0) is 43.9. The van der Waals surface area contributed by atoms with E-state index in [1.165, 1.54) is 81.3 Å². The van der Waals surface area contributed by atoms with Gasteiger partial charge in [0.15, 0.2) is 6.29 Å². The molecule has 7 aliphatic rings. The van der Waals surface area contributed by atoms with Gasteiger partial charge in [-0.15, -0.1) is 0 Å². The van der Waals surface area contributed by atoms with Gasteiger partial charge in [-0.05, 0) is 173 Å². The van der Waals surface area contributed by atoms with Gasteiger partial charge in [0.05, 0.1) is 17.8 Å². The van der Waals surface area contributed by atoms with Crippen molar-refractivity contribution < 1.29 is 23.9 Å². The number of fused-ring (bicyclic) bond motifs is 7. The number of benzene rings is 1. The maximum absolute atomic E-state index is 11.4. The number of hydrogen-bond acceptors (Lipinski definition) is 6. The molecule has 8 rings (SSSR count). The number of methoxy groups -OCH3 is 1. The van der Waals surface area contributed by atoms with Gasteiger partial charge in [0, 0.05) is 19.1 Å². The first-order valence-electron chi connectivity index (χ1n) is 23.3. The van der Waals surface area contributed by atoms with Crippen LogP contribution in [0, 0.1) is 51.2 Å². The molecule has 1 aliphatic heterocycles. The Bertz CT molecular complexity index is 1690. The number of rotatable bonds is 5. The Morgan fingerprint density at radius 2 is 1.49 bits per heavy atom. The Balaban J connectivity index is 0.000000271. The van der Waals surface area contributed by atoms with Crippen LogP contribution < -0.4 is 5.73 Å². The number of aliphatic hydroxyl groups is 1. The van der Waals surface area contributed by atoms with Gasteiger partial charge >= 0.3 is 7.69 Å². The van der Waals surface area contributed by atoms with Crippen LogP contribution in [0.1, 0.15) is 166 Å². The number of carbonyl (C=O) groups excluding carboxylic acids is 1. The summed E-state index contributed by atoms with van der Waals surface area (Å²) in [5.74, 6) is 3.31. The quantitative estimate of drug-likeness (QED) is 0.175. The normalized spacial score (nSPS) is 40.7. The highest BCUT2D eigenvalue weighted by Crippen LogP contribution is 2.76. The second-order valence-electron chi connectivity index (χ2n) is 21.9. The highest BCUT2D eigenvalue weighted by molar-refractivity contribution is 6.19. The molecule has 5 fully saturated rings. The largest absolute Gasteiger partial charge is 0.488 e. The first-order chi connectivity index (χ1) is 27.5. The lowest BCUT2D eigenvalue weighted by molar-refractivity contribution is -0.219. The van der Waals surface area contributed by atoms with Crippen LogP contribution >= 0.6 is 0 Å². The molecule has 59 heavy (non-hydrogen) atoms. The summed E-state index contributed by atoms with van der Waals surface area (Å²) in [4.78, 5) is 11.4. The van der Waals surface area contributed by atoms with E-state index in [4.69, 9.17) is 19.8 Å². The summed E-state index contributed by atoms with van der Waals surface area (Å²) in [5, 5.41) is 10.5. The summed E-state index contributed by atoms with van der Waals surface area (Å²) in [5.41, 5.74) is 12.3. The minimum Gasteiger partial charge on any atom is -0.405 e. The molecule has 8 unspecified atom stereocenters. The van der Waals surface area contributed by atoms with Crippen molar-refractivity contribution in [3.05, 3.63) is 71.3 Å². The fraction of sp³-hybridized carbons (Fsp3) is 0.750. The van der Waals surface area contributed by atoms with Crippen molar-refractivity contribution in [2.24, 2.45) is 57.0 Å². The Morgan fingerprint density at radius 1 is 0.847 bits per heavy atom. The Morgan fingerprint density at radius 3 is 2.02 bits per heavy atom. The van der Waals surface area contributed by atoms with E-state index in [0.717, 1.165) is 25.0 Å². The fourth-order valence-electron chi connectivity index (χ4n) is 13.9. The standard InChI is InChI=1S/C36H55NO2.C8H10O.C6H12BO2.C2H6/c1-23(2)25-12-19-36(37)21-20-33(6)27(30(25)36)8-9-29-32(5)15-13-26(24-10-17-35(39,22-38)18-11-24)31(3,4)28(32)14-16-34(29,33)7;1-9-7-8-5-3-2-4-6-8;1-5(2)6(3,4)9-7-8-5;1-2/h10,13,22,25,27-30,39H,1,8-9,11-12,14-21,37H2,2-7H3;2-6H,7H2,1H3;1-4H3;1-2H3/t25-,27?,28?,29?,30?,32?,33+,34?,35?,36?;;;/m0.../s1. The molecule has 10 atom stereocenters. The summed E-state index contributed by atoms with van der Waals surface area (Å²) >= 11 is 0. The number of nitrogens with two attached hydrogens (primary N) is 1. The van der Waals surface area contributed by atoms with E-state index in [0.29, 0.717) is 59.4 Å². The lowest BCUT2D eigenvalue weighted by Crippen LogP contribution is -2.67. The van der Waals surface area contributed by atoms with Gasteiger partial charge in [0.2, 0.25) is 0 Å². The zero-order valence-corrected chi connectivity index (χ0v) is 39.6. The maximum Gasteiger partial charge on any atom is 0.488 e. The molecule has 1 heterocycles. The predicted molar refractivity (Wildman–Crippen MR) is 244 cm³/mol. The first-order valence-corrected chi connectivity index (χ1v) is 23.3. The van der Waals surface area contributed by atoms with E-state index in [1.807, 2.05) is 71.9 Å². The van der Waals surface area contributed by atoms with Crippen molar-refractivity contribution in [3.63, 3.8) is 0 Å². The zero-order valence-electron chi connectivity index (χ0n) is 39.6. The molecule has 0 amide bonds. The number of carbonyl (C=O) groups is 1. The monoisotopic (exact) mass is 813 g/mol. The number of aldehydes is 1. The average Bonchev–Trinajstić information content (AvgIpc) is 3.67. The lowest BCUT2D eigenvalue weighted by Gasteiger charge is -2.72. The molecule has 1 radical (unpaired) electrons. The van der Waals surface area contributed by atoms with Crippen LogP contribution in [0.4, 0.5) is 0 Å². The first kappa shape index (κ1) is 48.0. The smallest absolute Gasteiger partial charge is 0.405 e. The lowest BCUT2D eigenvalue weighted by atomic mass is 9.33. The molecule has 3 N–H and O–H groups in total. The number of ether oxygens (including phenoxy) is 1. The summed E-state index contributed by atoms with van der Waals surface area (Å²) in [7, 11) is 3.12. The van der Waals surface area contributed by atoms with Crippen LogP contribution in [-0.4, -0.2) is 48.5 Å². The van der Waals surface area contributed by atoms with Crippen molar-refractivity contribution in [2.75, 3.05) is 7.11 Å². The average molecular weight is 813 g/mol. The van der Waals surface area contributed by atoms with E-state index in [1.54, 1.807) is 7.11 Å².